The van der Waals surface area contributed by atoms with Gasteiger partial charge in [0.15, 0.2) is 0 Å². The van der Waals surface area contributed by atoms with E-state index in [2.05, 4.69) is 20.1 Å². The Morgan fingerprint density at radius 1 is 1.14 bits per heavy atom. The molecule has 1 amide bonds. The Bertz CT molecular complexity index is 1250. The molecule has 3 aromatic heterocycles. The minimum absolute atomic E-state index is 0.132. The van der Waals surface area contributed by atoms with Crippen LogP contribution in [0.3, 0.4) is 0 Å². The fraction of sp³-hybridized carbons (Fsp3) is 0.190. The monoisotopic (exact) mass is 386 g/mol. The van der Waals surface area contributed by atoms with Gasteiger partial charge < -0.3 is 9.88 Å². The van der Waals surface area contributed by atoms with E-state index in [0.717, 1.165) is 22.5 Å². The molecule has 0 saturated carbocycles. The number of benzene rings is 1. The predicted octanol–water partition coefficient (Wildman–Crippen LogP) is 1.69. The molecular formula is C21H18N6O2. The zero-order valence-electron chi connectivity index (χ0n) is 15.5. The third kappa shape index (κ3) is 2.98. The lowest BCUT2D eigenvalue weighted by Crippen LogP contribution is -2.44. The molecular weight excluding hydrogens is 368 g/mol. The molecule has 4 heterocycles. The molecule has 1 N–H and O–H groups in total. The Balaban J connectivity index is 1.50. The Hall–Kier alpha value is -3.81. The van der Waals surface area contributed by atoms with E-state index in [1.165, 1.54) is 4.68 Å². The number of nitrogens with zero attached hydrogens (tertiary/aromatic N) is 5. The number of H-pyrrole nitrogens is 1. The van der Waals surface area contributed by atoms with Gasteiger partial charge in [-0.2, -0.15) is 5.10 Å². The summed E-state index contributed by atoms with van der Waals surface area (Å²) in [6, 6.07) is 12.4. The van der Waals surface area contributed by atoms with Crippen molar-refractivity contribution in [2.75, 3.05) is 6.54 Å². The van der Waals surface area contributed by atoms with Crippen LogP contribution in [-0.2, 0) is 17.8 Å². The predicted molar refractivity (Wildman–Crippen MR) is 106 cm³/mol. The van der Waals surface area contributed by atoms with Crippen molar-refractivity contribution in [2.45, 2.75) is 19.0 Å². The van der Waals surface area contributed by atoms with Crippen LogP contribution in [0.5, 0.6) is 0 Å². The zero-order valence-corrected chi connectivity index (χ0v) is 15.5. The number of rotatable bonds is 3. The molecule has 0 aliphatic carbocycles. The number of pyridine rings is 1. The summed E-state index contributed by atoms with van der Waals surface area (Å²) < 4.78 is 1.22. The van der Waals surface area contributed by atoms with Crippen LogP contribution in [0, 0.1) is 0 Å². The topological polar surface area (TPSA) is 96.8 Å². The fourth-order valence-electron chi connectivity index (χ4n) is 3.84. The fourth-order valence-corrected chi connectivity index (χ4v) is 3.84. The van der Waals surface area contributed by atoms with Gasteiger partial charge in [0.05, 0.1) is 29.3 Å². The van der Waals surface area contributed by atoms with Crippen molar-refractivity contribution in [3.63, 3.8) is 0 Å². The number of nitrogens with one attached hydrogen (secondary N) is 1. The van der Waals surface area contributed by atoms with Crippen LogP contribution in [0.25, 0.3) is 10.8 Å². The van der Waals surface area contributed by atoms with Crippen molar-refractivity contribution in [1.82, 2.24) is 29.6 Å². The minimum Gasteiger partial charge on any atom is -0.348 e. The first-order valence-electron chi connectivity index (χ1n) is 9.40. The number of hydrogen-bond acceptors (Lipinski definition) is 5. The second kappa shape index (κ2) is 6.97. The third-order valence-electron chi connectivity index (χ3n) is 5.26. The number of imidazole rings is 1. The highest BCUT2D eigenvalue weighted by Gasteiger charge is 2.35. The molecule has 1 aliphatic heterocycles. The molecule has 8 heteroatoms. The smallest absolute Gasteiger partial charge is 0.275 e. The van der Waals surface area contributed by atoms with E-state index >= 15 is 0 Å². The van der Waals surface area contributed by atoms with Crippen molar-refractivity contribution >= 4 is 16.7 Å². The largest absolute Gasteiger partial charge is 0.348 e. The van der Waals surface area contributed by atoms with Crippen LogP contribution >= 0.6 is 0 Å². The number of aromatic nitrogens is 5. The summed E-state index contributed by atoms with van der Waals surface area (Å²) in [4.78, 5) is 39.8. The van der Waals surface area contributed by atoms with E-state index in [-0.39, 0.29) is 18.0 Å². The summed E-state index contributed by atoms with van der Waals surface area (Å²) >= 11 is 0. The van der Waals surface area contributed by atoms with Gasteiger partial charge in [-0.3, -0.25) is 14.6 Å². The first kappa shape index (κ1) is 17.3. The molecule has 0 radical (unpaired) electrons. The normalized spacial score (nSPS) is 16.0. The van der Waals surface area contributed by atoms with Crippen LogP contribution in [0.15, 0.2) is 66.0 Å². The molecule has 0 bridgehead atoms. The van der Waals surface area contributed by atoms with Crippen molar-refractivity contribution in [1.29, 1.82) is 0 Å². The third-order valence-corrected chi connectivity index (χ3v) is 5.26. The number of fused-ring (bicyclic) bond motifs is 2. The Morgan fingerprint density at radius 3 is 2.86 bits per heavy atom. The van der Waals surface area contributed by atoms with Gasteiger partial charge in [0.1, 0.15) is 12.6 Å². The van der Waals surface area contributed by atoms with Gasteiger partial charge in [-0.1, -0.05) is 24.3 Å². The average Bonchev–Trinajstić information content (AvgIpc) is 3.24. The number of carbonyl (C=O) groups is 1. The van der Waals surface area contributed by atoms with E-state index in [0.29, 0.717) is 18.4 Å². The van der Waals surface area contributed by atoms with Crippen molar-refractivity contribution < 1.29 is 4.79 Å². The van der Waals surface area contributed by atoms with E-state index in [1.54, 1.807) is 35.8 Å². The van der Waals surface area contributed by atoms with Gasteiger partial charge in [0.2, 0.25) is 5.91 Å². The standard InChI is InChI=1S/C21H18N6O2/c28-18(12-27-21(29)15-6-2-1-5-14(15)11-25-27)26-10-8-16-19(24-13-23-16)20(26)17-7-3-4-9-22-17/h1-7,9,11,13,20H,8,10,12H2,(H,23,24)/t20-/m1/s1. The molecule has 1 aromatic carbocycles. The summed E-state index contributed by atoms with van der Waals surface area (Å²) in [7, 11) is 0. The quantitative estimate of drug-likeness (QED) is 0.578. The lowest BCUT2D eigenvalue weighted by atomic mass is 9.99. The number of carbonyl (C=O) groups excluding carboxylic acids is 1. The average molecular weight is 386 g/mol. The van der Waals surface area contributed by atoms with Crippen LogP contribution < -0.4 is 5.56 Å². The summed E-state index contributed by atoms with van der Waals surface area (Å²) in [6.07, 6.45) is 5.63. The summed E-state index contributed by atoms with van der Waals surface area (Å²) in [5.74, 6) is -0.195. The molecule has 144 valence electrons. The molecule has 0 unspecified atom stereocenters. The number of hydrogen-bond donors (Lipinski definition) is 1. The lowest BCUT2D eigenvalue weighted by Gasteiger charge is -2.34. The molecule has 29 heavy (non-hydrogen) atoms. The highest BCUT2D eigenvalue weighted by molar-refractivity contribution is 5.81. The van der Waals surface area contributed by atoms with Crippen LogP contribution in [0.1, 0.15) is 23.1 Å². The van der Waals surface area contributed by atoms with Gasteiger partial charge in [0, 0.05) is 30.2 Å². The van der Waals surface area contributed by atoms with Gasteiger partial charge in [0.25, 0.3) is 5.56 Å². The van der Waals surface area contributed by atoms with Gasteiger partial charge in [-0.15, -0.1) is 0 Å². The molecule has 0 fully saturated rings. The zero-order chi connectivity index (χ0) is 19.8. The van der Waals surface area contributed by atoms with Crippen LogP contribution in [0.4, 0.5) is 0 Å². The SMILES string of the molecule is O=C(Cn1ncc2ccccc2c1=O)N1CCc2[nH]cnc2[C@H]1c1ccccn1. The first-order chi connectivity index (χ1) is 14.2. The van der Waals surface area contributed by atoms with Crippen LogP contribution in [-0.4, -0.2) is 42.1 Å². The molecule has 0 spiro atoms. The summed E-state index contributed by atoms with van der Waals surface area (Å²) in [5.41, 5.74) is 2.27. The van der Waals surface area contributed by atoms with Gasteiger partial charge in [-0.25, -0.2) is 9.67 Å². The molecule has 8 nitrogen and oxygen atoms in total. The van der Waals surface area contributed by atoms with Gasteiger partial charge in [-0.05, 0) is 18.2 Å². The number of aromatic amines is 1. The maximum Gasteiger partial charge on any atom is 0.275 e. The molecule has 1 atom stereocenters. The molecule has 4 aromatic rings. The summed E-state index contributed by atoms with van der Waals surface area (Å²) in [6.45, 7) is 0.379. The van der Waals surface area contributed by atoms with E-state index in [9.17, 15) is 9.59 Å². The van der Waals surface area contributed by atoms with Crippen molar-refractivity contribution in [2.24, 2.45) is 0 Å². The Morgan fingerprint density at radius 2 is 2.00 bits per heavy atom. The molecule has 5 rings (SSSR count). The maximum absolute atomic E-state index is 13.2. The molecule has 1 aliphatic rings. The van der Waals surface area contributed by atoms with Crippen molar-refractivity contribution in [3.8, 4) is 0 Å². The number of amides is 1. The highest BCUT2D eigenvalue weighted by Crippen LogP contribution is 2.32. The maximum atomic E-state index is 13.2. The second-order valence-corrected chi connectivity index (χ2v) is 6.96. The Labute approximate surface area is 165 Å². The summed E-state index contributed by atoms with van der Waals surface area (Å²) in [5, 5.41) is 5.49. The first-order valence-corrected chi connectivity index (χ1v) is 9.40. The van der Waals surface area contributed by atoms with Gasteiger partial charge >= 0.3 is 0 Å². The van der Waals surface area contributed by atoms with Crippen molar-refractivity contribution in [3.05, 3.63) is 88.6 Å². The Kier molecular flexibility index (Phi) is 4.16. The van der Waals surface area contributed by atoms with E-state index in [1.807, 2.05) is 30.3 Å². The highest BCUT2D eigenvalue weighted by atomic mass is 16.2. The second-order valence-electron chi connectivity index (χ2n) is 6.96. The minimum atomic E-state index is -0.394. The molecule has 0 saturated heterocycles. The van der Waals surface area contributed by atoms with E-state index in [4.69, 9.17) is 0 Å². The van der Waals surface area contributed by atoms with Crippen LogP contribution in [0.2, 0.25) is 0 Å². The lowest BCUT2D eigenvalue weighted by molar-refractivity contribution is -0.134. The van der Waals surface area contributed by atoms with E-state index < -0.39 is 6.04 Å².